The molecule has 0 bridgehead atoms. The van der Waals surface area contributed by atoms with Gasteiger partial charge in [-0.2, -0.15) is 0 Å². The molecule has 6 heteroatoms. The first-order chi connectivity index (χ1) is 23.0. The van der Waals surface area contributed by atoms with Crippen molar-refractivity contribution >= 4 is 34.0 Å². The predicted octanol–water partition coefficient (Wildman–Crippen LogP) is 11.1. The summed E-state index contributed by atoms with van der Waals surface area (Å²) in [5.41, 5.74) is 3.93. The molecule has 0 radical (unpaired) electrons. The summed E-state index contributed by atoms with van der Waals surface area (Å²) in [6.45, 7) is 15.0. The van der Waals surface area contributed by atoms with E-state index in [1.54, 1.807) is 11.6 Å². The number of ether oxygens (including phenoxy) is 1. The maximum atomic E-state index is 13.3. The van der Waals surface area contributed by atoms with Crippen LogP contribution in [0.4, 0.5) is 0 Å². The minimum Gasteiger partial charge on any atom is -0.457 e. The number of benzene rings is 1. The quantitative estimate of drug-likeness (QED) is 0.133. The third kappa shape index (κ3) is 5.82. The number of hydrogen-bond donors (Lipinski definition) is 1. The number of aromatic nitrogens is 2. The number of esters is 1. The van der Waals surface area contributed by atoms with Crippen molar-refractivity contribution in [2.75, 3.05) is 0 Å². The monoisotopic (exact) mass is 668 g/mol. The van der Waals surface area contributed by atoms with Crippen LogP contribution in [0.5, 0.6) is 0 Å². The first kappa shape index (κ1) is 33.8. The summed E-state index contributed by atoms with van der Waals surface area (Å²) in [4.78, 5) is 34.1. The number of ketones is 1. The first-order valence-electron chi connectivity index (χ1n) is 19.0. The zero-order valence-corrected chi connectivity index (χ0v) is 30.8. The molecule has 7 rings (SSSR count). The standard InChI is InChI=1S/C42H56N2O3S/c1-7-27(25(2)3)13-12-26(4)33-16-17-34-31-15-14-28-22-29(18-20-41(28,5)35(31)19-21-42(33,34)6)47-40(46)37-24-48-39(44-37)38(45)32-23-43-36-11-9-8-10-30(32)36/h8-11,14,23-27,29,31,33-35,43H,7,12-13,15-22H2,1-6H3. The van der Waals surface area contributed by atoms with Crippen molar-refractivity contribution in [2.24, 2.45) is 52.3 Å². The second-order valence-electron chi connectivity index (χ2n) is 16.8. The third-order valence-corrected chi connectivity index (χ3v) is 15.1. The Morgan fingerprint density at radius 1 is 1.04 bits per heavy atom. The molecule has 9 unspecified atom stereocenters. The van der Waals surface area contributed by atoms with Crippen molar-refractivity contribution in [1.29, 1.82) is 0 Å². The molecular weight excluding hydrogens is 613 g/mol. The van der Waals surface area contributed by atoms with Gasteiger partial charge in [0.15, 0.2) is 10.7 Å². The van der Waals surface area contributed by atoms with E-state index in [2.05, 4.69) is 57.6 Å². The topological polar surface area (TPSA) is 72.1 Å². The van der Waals surface area contributed by atoms with Gasteiger partial charge in [-0.25, -0.2) is 9.78 Å². The van der Waals surface area contributed by atoms with Gasteiger partial charge in [0.2, 0.25) is 5.78 Å². The normalized spacial score (nSPS) is 32.6. The van der Waals surface area contributed by atoms with Crippen LogP contribution in [0.25, 0.3) is 10.9 Å². The van der Waals surface area contributed by atoms with E-state index in [4.69, 9.17) is 4.74 Å². The second-order valence-corrected chi connectivity index (χ2v) is 17.7. The number of aromatic amines is 1. The molecule has 2 heterocycles. The predicted molar refractivity (Wildman–Crippen MR) is 195 cm³/mol. The molecule has 4 aliphatic carbocycles. The lowest BCUT2D eigenvalue weighted by atomic mass is 9.47. The highest BCUT2D eigenvalue weighted by Crippen LogP contribution is 2.67. The van der Waals surface area contributed by atoms with Crippen molar-refractivity contribution in [1.82, 2.24) is 9.97 Å². The first-order valence-corrected chi connectivity index (χ1v) is 19.9. The molecule has 3 saturated carbocycles. The van der Waals surface area contributed by atoms with E-state index in [9.17, 15) is 9.59 Å². The van der Waals surface area contributed by atoms with E-state index in [0.717, 1.165) is 71.6 Å². The van der Waals surface area contributed by atoms with E-state index in [0.29, 0.717) is 16.0 Å². The van der Waals surface area contributed by atoms with Gasteiger partial charge in [-0.15, -0.1) is 11.3 Å². The summed E-state index contributed by atoms with van der Waals surface area (Å²) in [7, 11) is 0. The fourth-order valence-electron chi connectivity index (χ4n) is 11.4. The highest BCUT2D eigenvalue weighted by atomic mass is 32.1. The molecular formula is C42H56N2O3S. The van der Waals surface area contributed by atoms with Crippen LogP contribution >= 0.6 is 11.3 Å². The molecule has 0 aliphatic heterocycles. The molecule has 4 aliphatic rings. The van der Waals surface area contributed by atoms with E-state index in [1.165, 1.54) is 68.3 Å². The maximum absolute atomic E-state index is 13.3. The van der Waals surface area contributed by atoms with Gasteiger partial charge in [-0.3, -0.25) is 4.79 Å². The summed E-state index contributed by atoms with van der Waals surface area (Å²) in [6, 6.07) is 7.73. The van der Waals surface area contributed by atoms with Crippen molar-refractivity contribution in [2.45, 2.75) is 118 Å². The SMILES string of the molecule is CCC(CCC(C)C1CCC2C3CC=C4CC(OC(=O)c5csc(C(=O)c6c[nH]c7ccccc67)n5)CCC4(C)C3CCC12C)C(C)C. The highest BCUT2D eigenvalue weighted by Gasteiger charge is 2.59. The molecule has 0 spiro atoms. The van der Waals surface area contributed by atoms with Crippen LogP contribution in [-0.2, 0) is 4.74 Å². The van der Waals surface area contributed by atoms with Gasteiger partial charge < -0.3 is 9.72 Å². The number of fused-ring (bicyclic) bond motifs is 6. The minimum atomic E-state index is -0.412. The Labute approximate surface area is 291 Å². The smallest absolute Gasteiger partial charge is 0.358 e. The highest BCUT2D eigenvalue weighted by molar-refractivity contribution is 7.12. The summed E-state index contributed by atoms with van der Waals surface area (Å²) in [5, 5.41) is 2.85. The largest absolute Gasteiger partial charge is 0.457 e. The summed E-state index contributed by atoms with van der Waals surface area (Å²) in [6.07, 6.45) is 17.8. The number of H-pyrrole nitrogens is 1. The van der Waals surface area contributed by atoms with Gasteiger partial charge >= 0.3 is 5.97 Å². The summed E-state index contributed by atoms with van der Waals surface area (Å²) >= 11 is 1.21. The number of allylic oxidation sites excluding steroid dienone is 1. The van der Waals surface area contributed by atoms with Crippen molar-refractivity contribution in [3.8, 4) is 0 Å². The molecule has 0 amide bonds. The lowest BCUT2D eigenvalue weighted by molar-refractivity contribution is -0.0597. The van der Waals surface area contributed by atoms with Gasteiger partial charge in [0.25, 0.3) is 0 Å². The van der Waals surface area contributed by atoms with Crippen LogP contribution in [0.3, 0.4) is 0 Å². The number of para-hydroxylation sites is 1. The van der Waals surface area contributed by atoms with Crippen LogP contribution < -0.4 is 0 Å². The van der Waals surface area contributed by atoms with E-state index in [-0.39, 0.29) is 23.0 Å². The van der Waals surface area contributed by atoms with E-state index < -0.39 is 5.97 Å². The number of hydrogen-bond acceptors (Lipinski definition) is 5. The Bertz CT molecular complexity index is 1680. The molecule has 9 atom stereocenters. The van der Waals surface area contributed by atoms with Crippen LogP contribution in [0.2, 0.25) is 0 Å². The Balaban J connectivity index is 0.986. The van der Waals surface area contributed by atoms with Gasteiger partial charge in [-0.1, -0.05) is 84.2 Å². The number of thiazole rings is 1. The summed E-state index contributed by atoms with van der Waals surface area (Å²) in [5.74, 6) is 5.12. The Morgan fingerprint density at radius 2 is 1.85 bits per heavy atom. The molecule has 2 aromatic heterocycles. The van der Waals surface area contributed by atoms with E-state index >= 15 is 0 Å². The number of carbonyl (C=O) groups excluding carboxylic acids is 2. The summed E-state index contributed by atoms with van der Waals surface area (Å²) < 4.78 is 6.10. The zero-order valence-electron chi connectivity index (χ0n) is 30.0. The van der Waals surface area contributed by atoms with Gasteiger partial charge in [0.05, 0.1) is 5.56 Å². The molecule has 5 nitrogen and oxygen atoms in total. The Morgan fingerprint density at radius 3 is 2.65 bits per heavy atom. The van der Waals surface area contributed by atoms with Crippen LogP contribution in [-0.4, -0.2) is 27.8 Å². The van der Waals surface area contributed by atoms with Gasteiger partial charge in [0.1, 0.15) is 6.10 Å². The molecule has 1 aromatic carbocycles. The lowest BCUT2D eigenvalue weighted by Gasteiger charge is -2.58. The van der Waals surface area contributed by atoms with E-state index in [1.807, 2.05) is 24.3 Å². The van der Waals surface area contributed by atoms with Gasteiger partial charge in [0, 0.05) is 28.9 Å². The molecule has 48 heavy (non-hydrogen) atoms. The number of nitrogens with zero attached hydrogens (tertiary/aromatic N) is 1. The zero-order chi connectivity index (χ0) is 33.8. The lowest BCUT2D eigenvalue weighted by Crippen LogP contribution is -2.51. The maximum Gasteiger partial charge on any atom is 0.358 e. The van der Waals surface area contributed by atoms with Gasteiger partial charge in [-0.05, 0) is 110 Å². The van der Waals surface area contributed by atoms with Crippen LogP contribution in [0.1, 0.15) is 138 Å². The number of nitrogens with one attached hydrogen (secondary N) is 1. The van der Waals surface area contributed by atoms with Crippen molar-refractivity contribution < 1.29 is 14.3 Å². The molecule has 1 N–H and O–H groups in total. The second kappa shape index (κ2) is 13.2. The third-order valence-electron chi connectivity index (χ3n) is 14.3. The molecule has 258 valence electrons. The molecule has 3 fully saturated rings. The molecule has 0 saturated heterocycles. The van der Waals surface area contributed by atoms with Crippen molar-refractivity contribution in [3.63, 3.8) is 0 Å². The Hall–Kier alpha value is -2.73. The Kier molecular flexibility index (Phi) is 9.28. The number of rotatable bonds is 10. The van der Waals surface area contributed by atoms with Crippen molar-refractivity contribution in [3.05, 3.63) is 63.8 Å². The van der Waals surface area contributed by atoms with Crippen LogP contribution in [0, 0.1) is 52.3 Å². The molecule has 3 aromatic rings. The fourth-order valence-corrected chi connectivity index (χ4v) is 12.2. The average Bonchev–Trinajstić information content (AvgIpc) is 3.82. The minimum absolute atomic E-state index is 0.133. The number of carbonyl (C=O) groups is 2. The fraction of sp³-hybridized carbons (Fsp3) is 0.643. The average molecular weight is 669 g/mol. The van der Waals surface area contributed by atoms with Crippen LogP contribution in [0.15, 0.2) is 47.5 Å².